The molecule has 144 valence electrons. The number of thioether (sulfide) groups is 1. The topological polar surface area (TPSA) is 115 Å². The molecule has 1 aromatic carbocycles. The van der Waals surface area contributed by atoms with Crippen LogP contribution in [-0.2, 0) is 16.6 Å². The molecule has 12 heteroatoms. The molecule has 1 aliphatic heterocycles. The Kier molecular flexibility index (Phi) is 6.14. The molecule has 0 bridgehead atoms. The maximum absolute atomic E-state index is 12.2. The van der Waals surface area contributed by atoms with Gasteiger partial charge in [0.15, 0.2) is 5.16 Å². The van der Waals surface area contributed by atoms with Crippen LogP contribution in [0.4, 0.5) is 17.3 Å². The van der Waals surface area contributed by atoms with E-state index in [9.17, 15) is 14.9 Å². The number of non-ortho nitro benzene ring substituents is 1. The van der Waals surface area contributed by atoms with Crippen LogP contribution in [0.2, 0.25) is 5.02 Å². The fourth-order valence-corrected chi connectivity index (χ4v) is 3.44. The van der Waals surface area contributed by atoms with Crippen molar-refractivity contribution in [2.45, 2.75) is 5.16 Å². The number of ether oxygens (including phenoxy) is 1. The van der Waals surface area contributed by atoms with E-state index in [-0.39, 0.29) is 22.4 Å². The fraction of sp³-hybridized carbons (Fsp3) is 0.400. The molecule has 1 aliphatic rings. The summed E-state index contributed by atoms with van der Waals surface area (Å²) in [5.74, 6) is 0.536. The summed E-state index contributed by atoms with van der Waals surface area (Å²) in [6.07, 6.45) is 0. The number of carbonyl (C=O) groups excluding carboxylic acids is 1. The molecule has 2 aromatic rings. The normalized spacial score (nSPS) is 14.2. The Morgan fingerprint density at radius 3 is 2.81 bits per heavy atom. The first-order chi connectivity index (χ1) is 13.0. The lowest BCUT2D eigenvalue weighted by Gasteiger charge is -2.27. The van der Waals surface area contributed by atoms with Crippen LogP contribution in [0, 0.1) is 10.1 Å². The Hall–Kier alpha value is -2.37. The number of hydrogen-bond acceptors (Lipinski definition) is 8. The number of hydrogen-bond donors (Lipinski definition) is 1. The highest BCUT2D eigenvalue weighted by Crippen LogP contribution is 2.27. The Bertz CT molecular complexity index is 855. The van der Waals surface area contributed by atoms with Crippen molar-refractivity contribution < 1.29 is 14.5 Å². The average molecular weight is 413 g/mol. The molecule has 0 unspecified atom stereocenters. The number of aromatic nitrogens is 3. The van der Waals surface area contributed by atoms with Gasteiger partial charge in [0.1, 0.15) is 0 Å². The minimum Gasteiger partial charge on any atom is -0.378 e. The molecule has 0 atom stereocenters. The Balaban J connectivity index is 1.58. The van der Waals surface area contributed by atoms with E-state index in [4.69, 9.17) is 16.3 Å². The maximum Gasteiger partial charge on any atom is 0.271 e. The summed E-state index contributed by atoms with van der Waals surface area (Å²) in [6.45, 7) is 2.78. The van der Waals surface area contributed by atoms with Crippen LogP contribution in [-0.4, -0.2) is 57.7 Å². The zero-order valence-electron chi connectivity index (χ0n) is 14.4. The van der Waals surface area contributed by atoms with Crippen molar-refractivity contribution in [2.75, 3.05) is 42.3 Å². The van der Waals surface area contributed by atoms with Gasteiger partial charge in [-0.15, -0.1) is 10.2 Å². The van der Waals surface area contributed by atoms with Crippen molar-refractivity contribution in [3.8, 4) is 0 Å². The number of amides is 1. The Labute approximate surface area is 164 Å². The number of carbonyl (C=O) groups is 1. The number of morpholine rings is 1. The number of nitrogens with one attached hydrogen (secondary N) is 1. The quantitative estimate of drug-likeness (QED) is 0.434. The standard InChI is InChI=1S/C15H17ClN6O4S/c1-20-14(21-4-6-26-7-5-21)18-19-15(20)27-9-13(23)17-12-3-2-10(22(24)25)8-11(12)16/h2-3,8H,4-7,9H2,1H3,(H,17,23). The van der Waals surface area contributed by atoms with E-state index in [1.807, 2.05) is 11.6 Å². The minimum absolute atomic E-state index is 0.0996. The Morgan fingerprint density at radius 2 is 2.15 bits per heavy atom. The number of nitro groups is 1. The zero-order chi connectivity index (χ0) is 19.4. The van der Waals surface area contributed by atoms with Gasteiger partial charge in [-0.25, -0.2) is 0 Å². The van der Waals surface area contributed by atoms with E-state index in [2.05, 4.69) is 20.4 Å². The molecule has 0 aliphatic carbocycles. The molecular formula is C15H17ClN6O4S. The van der Waals surface area contributed by atoms with Crippen LogP contribution in [0.1, 0.15) is 0 Å². The summed E-state index contributed by atoms with van der Waals surface area (Å²) in [5, 5.41) is 22.4. The summed E-state index contributed by atoms with van der Waals surface area (Å²) in [7, 11) is 1.85. The van der Waals surface area contributed by atoms with Crippen molar-refractivity contribution >= 4 is 46.6 Å². The van der Waals surface area contributed by atoms with Gasteiger partial charge in [0.2, 0.25) is 11.9 Å². The number of rotatable bonds is 6. The van der Waals surface area contributed by atoms with E-state index in [0.717, 1.165) is 19.0 Å². The molecule has 3 rings (SSSR count). The predicted octanol–water partition coefficient (Wildman–Crippen LogP) is 1.94. The molecule has 1 fully saturated rings. The summed E-state index contributed by atoms with van der Waals surface area (Å²) in [5.41, 5.74) is 0.182. The second-order valence-electron chi connectivity index (χ2n) is 5.70. The van der Waals surface area contributed by atoms with Gasteiger partial charge in [0, 0.05) is 32.3 Å². The lowest BCUT2D eigenvalue weighted by atomic mass is 10.3. The lowest BCUT2D eigenvalue weighted by Crippen LogP contribution is -2.37. The van der Waals surface area contributed by atoms with Crippen LogP contribution in [0.5, 0.6) is 0 Å². The van der Waals surface area contributed by atoms with Gasteiger partial charge in [0.25, 0.3) is 5.69 Å². The molecule has 0 radical (unpaired) electrons. The van der Waals surface area contributed by atoms with Crippen LogP contribution in [0.3, 0.4) is 0 Å². The van der Waals surface area contributed by atoms with Gasteiger partial charge in [-0.1, -0.05) is 23.4 Å². The summed E-state index contributed by atoms with van der Waals surface area (Å²) < 4.78 is 7.16. The Morgan fingerprint density at radius 1 is 1.41 bits per heavy atom. The number of halogens is 1. The van der Waals surface area contributed by atoms with E-state index in [0.29, 0.717) is 24.1 Å². The van der Waals surface area contributed by atoms with Crippen LogP contribution < -0.4 is 10.2 Å². The van der Waals surface area contributed by atoms with E-state index >= 15 is 0 Å². The largest absolute Gasteiger partial charge is 0.378 e. The highest BCUT2D eigenvalue weighted by molar-refractivity contribution is 7.99. The SMILES string of the molecule is Cn1c(SCC(=O)Nc2ccc([N+](=O)[O-])cc2Cl)nnc1N1CCOCC1. The van der Waals surface area contributed by atoms with Crippen LogP contribution in [0.15, 0.2) is 23.4 Å². The highest BCUT2D eigenvalue weighted by atomic mass is 35.5. The van der Waals surface area contributed by atoms with Crippen LogP contribution in [0.25, 0.3) is 0 Å². The first-order valence-corrected chi connectivity index (χ1v) is 9.40. The third kappa shape index (κ3) is 4.67. The third-order valence-corrected chi connectivity index (χ3v) is 5.21. The number of benzene rings is 1. The van der Waals surface area contributed by atoms with Crippen molar-refractivity contribution in [1.82, 2.24) is 14.8 Å². The van der Waals surface area contributed by atoms with Crippen molar-refractivity contribution in [2.24, 2.45) is 7.05 Å². The summed E-state index contributed by atoms with van der Waals surface area (Å²) >= 11 is 7.22. The molecule has 1 aromatic heterocycles. The van der Waals surface area contributed by atoms with E-state index in [1.54, 1.807) is 0 Å². The van der Waals surface area contributed by atoms with Crippen molar-refractivity contribution in [3.05, 3.63) is 33.3 Å². The zero-order valence-corrected chi connectivity index (χ0v) is 16.0. The second-order valence-corrected chi connectivity index (χ2v) is 7.05. The smallest absolute Gasteiger partial charge is 0.271 e. The van der Waals surface area contributed by atoms with Gasteiger partial charge < -0.3 is 15.0 Å². The lowest BCUT2D eigenvalue weighted by molar-refractivity contribution is -0.384. The minimum atomic E-state index is -0.548. The monoisotopic (exact) mass is 412 g/mol. The first-order valence-electron chi connectivity index (χ1n) is 8.04. The van der Waals surface area contributed by atoms with Gasteiger partial charge in [-0.05, 0) is 6.07 Å². The van der Waals surface area contributed by atoms with Gasteiger partial charge in [-0.3, -0.25) is 19.5 Å². The van der Waals surface area contributed by atoms with E-state index in [1.165, 1.54) is 30.0 Å². The molecular weight excluding hydrogens is 396 g/mol. The number of nitrogens with zero attached hydrogens (tertiary/aromatic N) is 5. The molecule has 2 heterocycles. The summed E-state index contributed by atoms with van der Waals surface area (Å²) in [6, 6.07) is 3.88. The molecule has 27 heavy (non-hydrogen) atoms. The molecule has 10 nitrogen and oxygen atoms in total. The van der Waals surface area contributed by atoms with Gasteiger partial charge in [-0.2, -0.15) is 0 Å². The van der Waals surface area contributed by atoms with Crippen molar-refractivity contribution in [3.63, 3.8) is 0 Å². The molecule has 0 spiro atoms. The molecule has 1 amide bonds. The number of nitro benzene ring substituents is 1. The maximum atomic E-state index is 12.2. The fourth-order valence-electron chi connectivity index (χ4n) is 2.51. The van der Waals surface area contributed by atoms with Crippen molar-refractivity contribution in [1.29, 1.82) is 0 Å². The third-order valence-electron chi connectivity index (χ3n) is 3.88. The van der Waals surface area contributed by atoms with Gasteiger partial charge in [0.05, 0.1) is 34.6 Å². The number of anilines is 2. The van der Waals surface area contributed by atoms with E-state index < -0.39 is 4.92 Å². The van der Waals surface area contributed by atoms with Gasteiger partial charge >= 0.3 is 0 Å². The first kappa shape index (κ1) is 19.4. The summed E-state index contributed by atoms with van der Waals surface area (Å²) in [4.78, 5) is 24.4. The predicted molar refractivity (Wildman–Crippen MR) is 101 cm³/mol. The second kappa shape index (κ2) is 8.55. The average Bonchev–Trinajstić information content (AvgIpc) is 3.03. The highest BCUT2D eigenvalue weighted by Gasteiger charge is 2.19. The molecule has 1 saturated heterocycles. The van der Waals surface area contributed by atoms with Crippen LogP contribution >= 0.6 is 23.4 Å². The molecule has 0 saturated carbocycles. The molecule has 1 N–H and O–H groups in total.